The summed E-state index contributed by atoms with van der Waals surface area (Å²) in [5.41, 5.74) is 1.67. The quantitative estimate of drug-likeness (QED) is 0.213. The maximum Gasteiger partial charge on any atom is 0.295 e. The number of sulfonamides is 1. The topological polar surface area (TPSA) is 117 Å². The lowest BCUT2D eigenvalue weighted by Crippen LogP contribution is -2.42. The highest BCUT2D eigenvalue weighted by Gasteiger charge is 2.46. The molecule has 0 unspecified atom stereocenters. The standard InChI is InChI=1S/C32H35N3O7S/c1-33(2)43(39,40)27-10-6-9-25(21-27)30(36)28-29(35(32(38)31(28)37)16-15-34-17-19-41-20-18-34)24-11-13-26(14-12-24)42-22-23-7-4-3-5-8-23/h3-14,21,29,36H,15-20,22H2,1-2H3/t29-/m1/s1. The third kappa shape index (κ3) is 6.65. The number of hydrogen-bond acceptors (Lipinski definition) is 8. The summed E-state index contributed by atoms with van der Waals surface area (Å²) in [6.45, 7) is 3.79. The Labute approximate surface area is 251 Å². The Hall–Kier alpha value is -4.03. The smallest absolute Gasteiger partial charge is 0.295 e. The van der Waals surface area contributed by atoms with Crippen LogP contribution in [-0.2, 0) is 31.0 Å². The average molecular weight is 606 g/mol. The van der Waals surface area contributed by atoms with E-state index in [0.717, 1.165) is 23.0 Å². The van der Waals surface area contributed by atoms with Gasteiger partial charge in [0.05, 0.1) is 29.7 Å². The molecule has 2 fully saturated rings. The first-order valence-electron chi connectivity index (χ1n) is 14.0. The van der Waals surface area contributed by atoms with Crippen LogP contribution < -0.4 is 4.74 Å². The lowest BCUT2D eigenvalue weighted by atomic mass is 9.95. The molecule has 0 spiro atoms. The van der Waals surface area contributed by atoms with Gasteiger partial charge in [0.1, 0.15) is 18.1 Å². The third-order valence-corrected chi connectivity index (χ3v) is 9.44. The number of likely N-dealkylation sites (tertiary alicyclic amines) is 1. The van der Waals surface area contributed by atoms with Gasteiger partial charge in [-0.1, -0.05) is 54.6 Å². The molecule has 226 valence electrons. The van der Waals surface area contributed by atoms with Crippen LogP contribution >= 0.6 is 0 Å². The predicted octanol–water partition coefficient (Wildman–Crippen LogP) is 3.27. The lowest BCUT2D eigenvalue weighted by Gasteiger charge is -2.31. The van der Waals surface area contributed by atoms with Crippen LogP contribution in [0.4, 0.5) is 0 Å². The molecule has 2 aliphatic heterocycles. The van der Waals surface area contributed by atoms with Gasteiger partial charge in [-0.2, -0.15) is 0 Å². The van der Waals surface area contributed by atoms with Gasteiger partial charge in [-0.05, 0) is 35.4 Å². The van der Waals surface area contributed by atoms with Gasteiger partial charge in [0, 0.05) is 45.8 Å². The summed E-state index contributed by atoms with van der Waals surface area (Å²) in [6, 6.07) is 21.7. The predicted molar refractivity (Wildman–Crippen MR) is 161 cm³/mol. The zero-order valence-corrected chi connectivity index (χ0v) is 25.0. The van der Waals surface area contributed by atoms with Crippen molar-refractivity contribution in [3.05, 3.63) is 101 Å². The van der Waals surface area contributed by atoms with E-state index in [1.165, 1.54) is 43.3 Å². The molecule has 1 N–H and O–H groups in total. The van der Waals surface area contributed by atoms with Crippen molar-refractivity contribution in [1.82, 2.24) is 14.1 Å². The zero-order chi connectivity index (χ0) is 30.6. The van der Waals surface area contributed by atoms with Crippen LogP contribution in [0.2, 0.25) is 0 Å². The van der Waals surface area contributed by atoms with E-state index in [1.54, 1.807) is 24.3 Å². The van der Waals surface area contributed by atoms with Crippen LogP contribution in [0.25, 0.3) is 5.76 Å². The van der Waals surface area contributed by atoms with E-state index in [-0.39, 0.29) is 22.6 Å². The monoisotopic (exact) mass is 605 g/mol. The first kappa shape index (κ1) is 30.4. The van der Waals surface area contributed by atoms with Crippen LogP contribution in [-0.4, -0.2) is 92.8 Å². The van der Waals surface area contributed by atoms with Gasteiger partial charge in [-0.3, -0.25) is 14.5 Å². The SMILES string of the molecule is CN(C)S(=O)(=O)c1cccc(C(O)=C2C(=O)C(=O)N(CCN3CCOCC3)[C@@H]2c2ccc(OCc3ccccc3)cc2)c1. The number of rotatable bonds is 10. The highest BCUT2D eigenvalue weighted by molar-refractivity contribution is 7.89. The maximum absolute atomic E-state index is 13.5. The first-order chi connectivity index (χ1) is 20.7. The van der Waals surface area contributed by atoms with Crippen LogP contribution in [0, 0.1) is 0 Å². The molecule has 11 heteroatoms. The molecule has 1 atom stereocenters. The van der Waals surface area contributed by atoms with Gasteiger partial charge < -0.3 is 19.5 Å². The molecule has 0 saturated carbocycles. The molecule has 2 saturated heterocycles. The zero-order valence-electron chi connectivity index (χ0n) is 24.2. The minimum Gasteiger partial charge on any atom is -0.507 e. The summed E-state index contributed by atoms with van der Waals surface area (Å²) >= 11 is 0. The molecule has 3 aromatic rings. The Morgan fingerprint density at radius 3 is 2.33 bits per heavy atom. The number of benzene rings is 3. The van der Waals surface area contributed by atoms with Crippen LogP contribution in [0.3, 0.4) is 0 Å². The van der Waals surface area contributed by atoms with Gasteiger partial charge in [-0.25, -0.2) is 12.7 Å². The molecule has 10 nitrogen and oxygen atoms in total. The number of hydrogen-bond donors (Lipinski definition) is 1. The molecular weight excluding hydrogens is 570 g/mol. The summed E-state index contributed by atoms with van der Waals surface area (Å²) in [4.78, 5) is 30.5. The van der Waals surface area contributed by atoms with Gasteiger partial charge in [0.2, 0.25) is 10.0 Å². The number of ketones is 1. The van der Waals surface area contributed by atoms with E-state index in [4.69, 9.17) is 9.47 Å². The molecule has 0 aromatic heterocycles. The Morgan fingerprint density at radius 1 is 0.953 bits per heavy atom. The van der Waals surface area contributed by atoms with Crippen molar-refractivity contribution in [1.29, 1.82) is 0 Å². The van der Waals surface area contributed by atoms with E-state index in [2.05, 4.69) is 4.90 Å². The molecule has 3 aromatic carbocycles. The van der Waals surface area contributed by atoms with Crippen LogP contribution in [0.1, 0.15) is 22.7 Å². The van der Waals surface area contributed by atoms with Gasteiger partial charge in [0.25, 0.3) is 11.7 Å². The van der Waals surface area contributed by atoms with E-state index in [0.29, 0.717) is 37.7 Å². The summed E-state index contributed by atoms with van der Waals surface area (Å²) in [5, 5.41) is 11.5. The Morgan fingerprint density at radius 2 is 1.65 bits per heavy atom. The van der Waals surface area contributed by atoms with Crippen molar-refractivity contribution in [2.75, 3.05) is 53.5 Å². The molecule has 5 rings (SSSR count). The number of Topliss-reactive ketones (excluding diaryl/α,β-unsaturated/α-hetero) is 1. The minimum atomic E-state index is -3.80. The Balaban J connectivity index is 1.50. The minimum absolute atomic E-state index is 0.0421. The lowest BCUT2D eigenvalue weighted by molar-refractivity contribution is -0.140. The van der Waals surface area contributed by atoms with Gasteiger partial charge in [0.15, 0.2) is 0 Å². The van der Waals surface area contributed by atoms with Crippen molar-refractivity contribution in [2.24, 2.45) is 0 Å². The average Bonchev–Trinajstić information content (AvgIpc) is 3.28. The summed E-state index contributed by atoms with van der Waals surface area (Å²) in [6.07, 6.45) is 0. The normalized spacial score (nSPS) is 19.2. The Kier molecular flexibility index (Phi) is 9.26. The van der Waals surface area contributed by atoms with Gasteiger partial charge in [-0.15, -0.1) is 0 Å². The fraction of sp³-hybridized carbons (Fsp3) is 0.312. The van der Waals surface area contributed by atoms with Gasteiger partial charge >= 0.3 is 0 Å². The highest BCUT2D eigenvalue weighted by Crippen LogP contribution is 2.40. The van der Waals surface area contributed by atoms with Crippen LogP contribution in [0.15, 0.2) is 89.3 Å². The van der Waals surface area contributed by atoms with Crippen molar-refractivity contribution < 1.29 is 32.6 Å². The number of aliphatic hydroxyl groups excluding tert-OH is 1. The van der Waals surface area contributed by atoms with Crippen LogP contribution in [0.5, 0.6) is 5.75 Å². The first-order valence-corrected chi connectivity index (χ1v) is 15.5. The Bertz CT molecular complexity index is 1600. The van der Waals surface area contributed by atoms with Crippen molar-refractivity contribution in [3.63, 3.8) is 0 Å². The molecule has 2 heterocycles. The molecule has 0 bridgehead atoms. The highest BCUT2D eigenvalue weighted by atomic mass is 32.2. The molecular formula is C32H35N3O7S. The second kappa shape index (κ2) is 13.1. The summed E-state index contributed by atoms with van der Waals surface area (Å²) < 4.78 is 38.0. The largest absolute Gasteiger partial charge is 0.507 e. The fourth-order valence-corrected chi connectivity index (χ4v) is 6.14. The number of carbonyl (C=O) groups excluding carboxylic acids is 2. The maximum atomic E-state index is 13.5. The number of amides is 1. The fourth-order valence-electron chi connectivity index (χ4n) is 5.19. The summed E-state index contributed by atoms with van der Waals surface area (Å²) in [7, 11) is -0.977. The van der Waals surface area contributed by atoms with E-state index >= 15 is 0 Å². The number of nitrogens with zero attached hydrogens (tertiary/aromatic N) is 3. The van der Waals surface area contributed by atoms with Crippen molar-refractivity contribution in [3.8, 4) is 5.75 Å². The molecule has 43 heavy (non-hydrogen) atoms. The second-order valence-corrected chi connectivity index (χ2v) is 12.8. The number of ether oxygens (including phenoxy) is 2. The second-order valence-electron chi connectivity index (χ2n) is 10.6. The molecule has 0 radical (unpaired) electrons. The van der Waals surface area contributed by atoms with E-state index in [9.17, 15) is 23.1 Å². The summed E-state index contributed by atoms with van der Waals surface area (Å²) in [5.74, 6) is -1.37. The number of carbonyl (C=O) groups is 2. The van der Waals surface area contributed by atoms with Crippen molar-refractivity contribution >= 4 is 27.5 Å². The molecule has 0 aliphatic carbocycles. The number of aliphatic hydroxyl groups is 1. The van der Waals surface area contributed by atoms with Crippen molar-refractivity contribution in [2.45, 2.75) is 17.5 Å². The molecule has 1 amide bonds. The third-order valence-electron chi connectivity index (χ3n) is 7.63. The molecule has 2 aliphatic rings. The van der Waals surface area contributed by atoms with E-state index in [1.807, 2.05) is 30.3 Å². The number of morpholine rings is 1. The van der Waals surface area contributed by atoms with E-state index < -0.39 is 33.5 Å².